The van der Waals surface area contributed by atoms with Gasteiger partial charge in [-0.15, -0.1) is 0 Å². The molecular weight excluding hydrogens is 213 g/mol. The Morgan fingerprint density at radius 2 is 2.12 bits per heavy atom. The second-order valence-electron chi connectivity index (χ2n) is 3.20. The van der Waals surface area contributed by atoms with Crippen LogP contribution in [0.25, 0.3) is 0 Å². The Balaban J connectivity index is 3.26. The number of benzene rings is 1. The number of methoxy groups -OCH3 is 1. The number of hydrogen-bond acceptors (Lipinski definition) is 3. The molecule has 0 atom stereocenters. The van der Waals surface area contributed by atoms with Crippen molar-refractivity contribution in [3.63, 3.8) is 0 Å². The quantitative estimate of drug-likeness (QED) is 0.502. The number of ether oxygens (including phenoxy) is 1. The molecule has 6 heteroatoms. The Morgan fingerprint density at radius 3 is 2.56 bits per heavy atom. The molecule has 0 saturated carbocycles. The predicted molar refractivity (Wildman–Crippen MR) is 56.9 cm³/mol. The van der Waals surface area contributed by atoms with Gasteiger partial charge in [-0.25, -0.2) is 4.39 Å². The Bertz CT molecular complexity index is 446. The van der Waals surface area contributed by atoms with Crippen LogP contribution in [0.2, 0.25) is 0 Å². The molecule has 5 N–H and O–H groups in total. The molecule has 16 heavy (non-hydrogen) atoms. The van der Waals surface area contributed by atoms with Crippen molar-refractivity contribution in [3.05, 3.63) is 29.1 Å². The van der Waals surface area contributed by atoms with Gasteiger partial charge in [-0.1, -0.05) is 0 Å². The first-order valence-corrected chi connectivity index (χ1v) is 4.44. The summed E-state index contributed by atoms with van der Waals surface area (Å²) in [5.74, 6) is -1.38. The number of rotatable bonds is 4. The van der Waals surface area contributed by atoms with Gasteiger partial charge in [0.25, 0.3) is 0 Å². The second kappa shape index (κ2) is 4.61. The summed E-state index contributed by atoms with van der Waals surface area (Å²) in [7, 11) is 1.38. The van der Waals surface area contributed by atoms with E-state index < -0.39 is 17.6 Å². The first kappa shape index (κ1) is 12.0. The Kier molecular flexibility index (Phi) is 3.44. The molecule has 0 aliphatic carbocycles. The zero-order valence-electron chi connectivity index (χ0n) is 8.71. The fourth-order valence-corrected chi connectivity index (χ4v) is 1.32. The summed E-state index contributed by atoms with van der Waals surface area (Å²) >= 11 is 0. The van der Waals surface area contributed by atoms with Gasteiger partial charge in [-0.3, -0.25) is 10.2 Å². The van der Waals surface area contributed by atoms with Crippen molar-refractivity contribution in [1.29, 1.82) is 5.41 Å². The molecule has 0 aromatic heterocycles. The van der Waals surface area contributed by atoms with Gasteiger partial charge in [0.1, 0.15) is 17.4 Å². The van der Waals surface area contributed by atoms with E-state index in [1.807, 2.05) is 0 Å². The summed E-state index contributed by atoms with van der Waals surface area (Å²) in [5, 5.41) is 7.15. The number of carbonyl (C=O) groups is 1. The first-order valence-electron chi connectivity index (χ1n) is 4.44. The summed E-state index contributed by atoms with van der Waals surface area (Å²) in [6, 6.07) is 2.37. The minimum atomic E-state index is -0.676. The van der Waals surface area contributed by atoms with Gasteiger partial charge >= 0.3 is 0 Å². The number of halogens is 1. The van der Waals surface area contributed by atoms with E-state index in [4.69, 9.17) is 21.6 Å². The van der Waals surface area contributed by atoms with Gasteiger partial charge < -0.3 is 16.2 Å². The number of amidine groups is 1. The SMILES string of the molecule is COc1cc(C(=N)N)c(F)cc1CC(N)=O. The van der Waals surface area contributed by atoms with Crippen LogP contribution in [0.5, 0.6) is 5.75 Å². The monoisotopic (exact) mass is 225 g/mol. The summed E-state index contributed by atoms with van der Waals surface area (Å²) < 4.78 is 18.4. The zero-order chi connectivity index (χ0) is 12.3. The van der Waals surface area contributed by atoms with E-state index in [1.165, 1.54) is 13.2 Å². The van der Waals surface area contributed by atoms with Crippen molar-refractivity contribution in [1.82, 2.24) is 0 Å². The number of amides is 1. The summed E-state index contributed by atoms with van der Waals surface area (Å²) in [5.41, 5.74) is 10.5. The van der Waals surface area contributed by atoms with Crippen LogP contribution in [-0.2, 0) is 11.2 Å². The third-order valence-corrected chi connectivity index (χ3v) is 2.02. The third-order valence-electron chi connectivity index (χ3n) is 2.02. The number of hydrogen-bond donors (Lipinski definition) is 3. The normalized spacial score (nSPS) is 9.88. The topological polar surface area (TPSA) is 102 Å². The van der Waals surface area contributed by atoms with Crippen LogP contribution in [0.4, 0.5) is 4.39 Å². The Labute approximate surface area is 91.7 Å². The Hall–Kier alpha value is -2.11. The molecule has 0 fully saturated rings. The average molecular weight is 225 g/mol. The van der Waals surface area contributed by atoms with Gasteiger partial charge in [0, 0.05) is 5.56 Å². The fourth-order valence-electron chi connectivity index (χ4n) is 1.32. The second-order valence-corrected chi connectivity index (χ2v) is 3.20. The zero-order valence-corrected chi connectivity index (χ0v) is 8.71. The van der Waals surface area contributed by atoms with Gasteiger partial charge in [0.15, 0.2) is 0 Å². The minimum absolute atomic E-state index is 0.0647. The highest BCUT2D eigenvalue weighted by molar-refractivity contribution is 5.95. The lowest BCUT2D eigenvalue weighted by Crippen LogP contribution is -2.17. The van der Waals surface area contributed by atoms with E-state index in [1.54, 1.807) is 0 Å². The maximum Gasteiger partial charge on any atom is 0.221 e. The molecule has 0 saturated heterocycles. The number of nitrogen functional groups attached to an aromatic ring is 1. The highest BCUT2D eigenvalue weighted by Crippen LogP contribution is 2.23. The molecule has 0 heterocycles. The molecule has 5 nitrogen and oxygen atoms in total. The van der Waals surface area contributed by atoms with Gasteiger partial charge in [0.05, 0.1) is 19.1 Å². The molecule has 0 aliphatic rings. The molecule has 1 aromatic rings. The molecule has 1 aromatic carbocycles. The van der Waals surface area contributed by atoms with E-state index in [2.05, 4.69) is 0 Å². The minimum Gasteiger partial charge on any atom is -0.496 e. The van der Waals surface area contributed by atoms with E-state index in [0.717, 1.165) is 6.07 Å². The van der Waals surface area contributed by atoms with E-state index >= 15 is 0 Å². The van der Waals surface area contributed by atoms with E-state index in [-0.39, 0.29) is 17.7 Å². The number of nitrogens with one attached hydrogen (secondary N) is 1. The molecule has 0 bridgehead atoms. The van der Waals surface area contributed by atoms with E-state index in [0.29, 0.717) is 5.56 Å². The van der Waals surface area contributed by atoms with Crippen LogP contribution in [-0.4, -0.2) is 18.9 Å². The van der Waals surface area contributed by atoms with Crippen molar-refractivity contribution in [2.45, 2.75) is 6.42 Å². The van der Waals surface area contributed by atoms with Gasteiger partial charge in [0.2, 0.25) is 5.91 Å². The van der Waals surface area contributed by atoms with Crippen LogP contribution in [0.3, 0.4) is 0 Å². The molecule has 0 aliphatic heterocycles. The van der Waals surface area contributed by atoms with Crippen molar-refractivity contribution >= 4 is 11.7 Å². The van der Waals surface area contributed by atoms with Crippen molar-refractivity contribution in [3.8, 4) is 5.75 Å². The van der Waals surface area contributed by atoms with Crippen LogP contribution in [0.15, 0.2) is 12.1 Å². The van der Waals surface area contributed by atoms with Crippen LogP contribution in [0, 0.1) is 11.2 Å². The number of nitrogens with two attached hydrogens (primary N) is 2. The number of primary amides is 1. The first-order chi connectivity index (χ1) is 7.45. The molecule has 0 unspecified atom stereocenters. The molecule has 1 rings (SSSR count). The highest BCUT2D eigenvalue weighted by Gasteiger charge is 2.13. The standard InChI is InChI=1S/C10H12FN3O2/c1-16-8-4-6(10(13)14)7(11)2-5(8)3-9(12)15/h2,4H,3H2,1H3,(H2,12,15)(H3,13,14). The van der Waals surface area contributed by atoms with Gasteiger partial charge in [-0.05, 0) is 12.1 Å². The maximum atomic E-state index is 13.4. The average Bonchev–Trinajstić information content (AvgIpc) is 2.16. The van der Waals surface area contributed by atoms with Crippen molar-refractivity contribution in [2.24, 2.45) is 11.5 Å². The smallest absolute Gasteiger partial charge is 0.221 e. The molecule has 0 radical (unpaired) electrons. The highest BCUT2D eigenvalue weighted by atomic mass is 19.1. The lowest BCUT2D eigenvalue weighted by atomic mass is 10.1. The predicted octanol–water partition coefficient (Wildman–Crippen LogP) is 0.146. The molecule has 0 spiro atoms. The fraction of sp³-hybridized carbons (Fsp3) is 0.200. The third kappa shape index (κ3) is 2.47. The summed E-state index contributed by atoms with van der Waals surface area (Å²) in [6.07, 6.45) is -0.127. The maximum absolute atomic E-state index is 13.4. The van der Waals surface area contributed by atoms with Crippen LogP contribution < -0.4 is 16.2 Å². The van der Waals surface area contributed by atoms with Crippen LogP contribution >= 0.6 is 0 Å². The largest absolute Gasteiger partial charge is 0.496 e. The van der Waals surface area contributed by atoms with E-state index in [9.17, 15) is 9.18 Å². The molecule has 86 valence electrons. The lowest BCUT2D eigenvalue weighted by Gasteiger charge is -2.10. The lowest BCUT2D eigenvalue weighted by molar-refractivity contribution is -0.117. The Morgan fingerprint density at radius 1 is 1.50 bits per heavy atom. The van der Waals surface area contributed by atoms with Crippen molar-refractivity contribution in [2.75, 3.05) is 7.11 Å². The summed E-state index contributed by atoms with van der Waals surface area (Å²) in [4.78, 5) is 10.7. The van der Waals surface area contributed by atoms with Crippen LogP contribution in [0.1, 0.15) is 11.1 Å². The number of carbonyl (C=O) groups excluding carboxylic acids is 1. The van der Waals surface area contributed by atoms with Gasteiger partial charge in [-0.2, -0.15) is 0 Å². The molecular formula is C10H12FN3O2. The summed E-state index contributed by atoms with van der Waals surface area (Å²) in [6.45, 7) is 0. The molecule has 1 amide bonds. The van der Waals surface area contributed by atoms with Crippen molar-refractivity contribution < 1.29 is 13.9 Å².